The number of nitrogens with zero attached hydrogens (tertiary/aromatic N) is 6. The summed E-state index contributed by atoms with van der Waals surface area (Å²) in [7, 11) is 2.07. The Morgan fingerprint density at radius 3 is 2.76 bits per heavy atom. The van der Waals surface area contributed by atoms with Gasteiger partial charge in [-0.05, 0) is 17.5 Å². The van der Waals surface area contributed by atoms with E-state index in [0.29, 0.717) is 5.16 Å². The zero-order chi connectivity index (χ0) is 12.3. The van der Waals surface area contributed by atoms with Crippen LogP contribution in [-0.2, 0) is 4.79 Å². The number of tetrazole rings is 1. The van der Waals surface area contributed by atoms with Gasteiger partial charge >= 0.3 is 5.97 Å². The van der Waals surface area contributed by atoms with E-state index >= 15 is 0 Å². The van der Waals surface area contributed by atoms with E-state index in [-0.39, 0.29) is 5.75 Å². The zero-order valence-corrected chi connectivity index (χ0v) is 10.3. The van der Waals surface area contributed by atoms with E-state index in [0.717, 1.165) is 37.9 Å². The molecule has 17 heavy (non-hydrogen) atoms. The second-order valence-electron chi connectivity index (χ2n) is 3.79. The van der Waals surface area contributed by atoms with Gasteiger partial charge in [0, 0.05) is 26.2 Å². The van der Waals surface area contributed by atoms with Crippen molar-refractivity contribution in [2.75, 3.05) is 44.0 Å². The summed E-state index contributed by atoms with van der Waals surface area (Å²) in [5, 5.41) is 22.5. The molecule has 0 spiro atoms. The Morgan fingerprint density at radius 1 is 1.41 bits per heavy atom. The molecular formula is C8H14N6O2S. The van der Waals surface area contributed by atoms with Gasteiger partial charge in [-0.1, -0.05) is 16.9 Å². The van der Waals surface area contributed by atoms with Crippen molar-refractivity contribution < 1.29 is 9.90 Å². The van der Waals surface area contributed by atoms with E-state index in [4.69, 9.17) is 5.11 Å². The van der Waals surface area contributed by atoms with E-state index in [2.05, 4.69) is 27.5 Å². The van der Waals surface area contributed by atoms with Crippen LogP contribution in [0.15, 0.2) is 5.16 Å². The van der Waals surface area contributed by atoms with Gasteiger partial charge in [-0.25, -0.2) is 0 Å². The lowest BCUT2D eigenvalue weighted by Gasteiger charge is -2.33. The van der Waals surface area contributed by atoms with Crippen molar-refractivity contribution in [3.05, 3.63) is 0 Å². The number of hydrogen-bond acceptors (Lipinski definition) is 7. The fourth-order valence-electron chi connectivity index (χ4n) is 1.55. The maximum Gasteiger partial charge on any atom is 0.313 e. The highest BCUT2D eigenvalue weighted by atomic mass is 32.2. The normalized spacial score (nSPS) is 17.4. The molecule has 1 N–H and O–H groups in total. The molecule has 1 aromatic heterocycles. The molecular weight excluding hydrogens is 244 g/mol. The molecule has 0 saturated carbocycles. The van der Waals surface area contributed by atoms with Crippen LogP contribution in [0, 0.1) is 0 Å². The fraction of sp³-hybridized carbons (Fsp3) is 0.750. The second kappa shape index (κ2) is 5.32. The average Bonchev–Trinajstić information content (AvgIpc) is 2.75. The molecule has 94 valence electrons. The molecule has 8 nitrogen and oxygen atoms in total. The lowest BCUT2D eigenvalue weighted by atomic mass is 10.4. The standard InChI is InChI=1S/C8H14N6O2S/c1-12-2-4-13(5-3-12)14-8(9-10-11-14)17-6-7(15)16/h2-6H2,1H3,(H,15,16). The van der Waals surface area contributed by atoms with Gasteiger partial charge in [0.1, 0.15) is 0 Å². The van der Waals surface area contributed by atoms with Gasteiger partial charge in [0.2, 0.25) is 5.16 Å². The number of likely N-dealkylation sites (N-methyl/N-ethyl adjacent to an activating group) is 1. The third-order valence-corrected chi connectivity index (χ3v) is 3.39. The van der Waals surface area contributed by atoms with Crippen molar-refractivity contribution in [2.24, 2.45) is 0 Å². The van der Waals surface area contributed by atoms with Gasteiger partial charge < -0.3 is 10.0 Å². The summed E-state index contributed by atoms with van der Waals surface area (Å²) in [5.74, 6) is -0.906. The maximum absolute atomic E-state index is 10.5. The second-order valence-corrected chi connectivity index (χ2v) is 4.73. The predicted molar refractivity (Wildman–Crippen MR) is 61.6 cm³/mol. The molecule has 2 heterocycles. The molecule has 1 aromatic rings. The summed E-state index contributed by atoms with van der Waals surface area (Å²) in [6.07, 6.45) is 0. The first-order valence-electron chi connectivity index (χ1n) is 5.23. The van der Waals surface area contributed by atoms with Crippen LogP contribution in [0.3, 0.4) is 0 Å². The monoisotopic (exact) mass is 258 g/mol. The molecule has 9 heteroatoms. The predicted octanol–water partition coefficient (Wildman–Crippen LogP) is -1.27. The quantitative estimate of drug-likeness (QED) is 0.669. The summed E-state index contributed by atoms with van der Waals surface area (Å²) in [4.78, 5) is 14.3. The maximum atomic E-state index is 10.5. The van der Waals surface area contributed by atoms with Crippen molar-refractivity contribution in [3.8, 4) is 0 Å². The van der Waals surface area contributed by atoms with E-state index < -0.39 is 5.97 Å². The molecule has 0 aromatic carbocycles. The Morgan fingerprint density at radius 2 is 2.12 bits per heavy atom. The van der Waals surface area contributed by atoms with Gasteiger partial charge in [0.25, 0.3) is 0 Å². The smallest absolute Gasteiger partial charge is 0.313 e. The SMILES string of the molecule is CN1CCN(n2nnnc2SCC(=O)O)CC1. The van der Waals surface area contributed by atoms with Crippen molar-refractivity contribution in [1.82, 2.24) is 25.2 Å². The third-order valence-electron chi connectivity index (χ3n) is 2.50. The minimum atomic E-state index is -0.872. The van der Waals surface area contributed by atoms with Crippen LogP contribution in [-0.4, -0.2) is 75.3 Å². The number of aromatic nitrogens is 4. The lowest BCUT2D eigenvalue weighted by Crippen LogP contribution is -2.50. The Hall–Kier alpha value is -1.35. The van der Waals surface area contributed by atoms with Crippen LogP contribution < -0.4 is 5.01 Å². The summed E-state index contributed by atoms with van der Waals surface area (Å²) in [5.41, 5.74) is 0. The Labute approximate surface area is 103 Å². The van der Waals surface area contributed by atoms with E-state index in [1.807, 2.05) is 5.01 Å². The number of carboxylic acid groups (broad SMARTS) is 1. The number of hydrogen-bond donors (Lipinski definition) is 1. The molecule has 0 aliphatic carbocycles. The van der Waals surface area contributed by atoms with Gasteiger partial charge in [0.05, 0.1) is 5.75 Å². The minimum Gasteiger partial charge on any atom is -0.481 e. The molecule has 0 amide bonds. The largest absolute Gasteiger partial charge is 0.481 e. The Kier molecular flexibility index (Phi) is 3.79. The lowest BCUT2D eigenvalue weighted by molar-refractivity contribution is -0.133. The minimum absolute atomic E-state index is 0.0336. The molecule has 1 saturated heterocycles. The highest BCUT2D eigenvalue weighted by molar-refractivity contribution is 7.99. The number of carboxylic acids is 1. The molecule has 1 aliphatic rings. The van der Waals surface area contributed by atoms with Gasteiger partial charge in [-0.2, -0.15) is 0 Å². The summed E-state index contributed by atoms with van der Waals surface area (Å²) in [6.45, 7) is 3.57. The van der Waals surface area contributed by atoms with Crippen molar-refractivity contribution >= 4 is 17.7 Å². The third kappa shape index (κ3) is 3.07. The van der Waals surface area contributed by atoms with Crippen LogP contribution in [0.5, 0.6) is 0 Å². The number of aliphatic carboxylic acids is 1. The number of carbonyl (C=O) groups is 1. The van der Waals surface area contributed by atoms with Gasteiger partial charge in [-0.15, -0.1) is 4.79 Å². The molecule has 1 aliphatic heterocycles. The first-order chi connectivity index (χ1) is 8.16. The van der Waals surface area contributed by atoms with Crippen LogP contribution in [0.1, 0.15) is 0 Å². The summed E-state index contributed by atoms with van der Waals surface area (Å²) >= 11 is 1.13. The average molecular weight is 258 g/mol. The fourth-order valence-corrected chi connectivity index (χ4v) is 2.16. The van der Waals surface area contributed by atoms with Crippen LogP contribution >= 0.6 is 11.8 Å². The Balaban J connectivity index is 2.00. The molecule has 2 rings (SSSR count). The molecule has 0 unspecified atom stereocenters. The highest BCUT2D eigenvalue weighted by Gasteiger charge is 2.19. The highest BCUT2D eigenvalue weighted by Crippen LogP contribution is 2.14. The van der Waals surface area contributed by atoms with Gasteiger partial charge in [-0.3, -0.25) is 9.80 Å². The first kappa shape index (κ1) is 12.1. The van der Waals surface area contributed by atoms with Crippen LogP contribution in [0.2, 0.25) is 0 Å². The van der Waals surface area contributed by atoms with Crippen molar-refractivity contribution in [3.63, 3.8) is 0 Å². The molecule has 0 bridgehead atoms. The van der Waals surface area contributed by atoms with Gasteiger partial charge in [0.15, 0.2) is 0 Å². The first-order valence-corrected chi connectivity index (χ1v) is 6.22. The number of piperazine rings is 1. The molecule has 0 atom stereocenters. The Bertz CT molecular complexity index is 389. The number of rotatable bonds is 4. The van der Waals surface area contributed by atoms with Crippen molar-refractivity contribution in [1.29, 1.82) is 0 Å². The number of thioether (sulfide) groups is 1. The molecule has 1 fully saturated rings. The van der Waals surface area contributed by atoms with Crippen molar-refractivity contribution in [2.45, 2.75) is 5.16 Å². The van der Waals surface area contributed by atoms with Crippen LogP contribution in [0.4, 0.5) is 0 Å². The van der Waals surface area contributed by atoms with E-state index in [1.165, 1.54) is 0 Å². The molecule has 0 radical (unpaired) electrons. The van der Waals surface area contributed by atoms with E-state index in [9.17, 15) is 4.79 Å². The summed E-state index contributed by atoms with van der Waals surface area (Å²) < 4.78 is 0. The topological polar surface area (TPSA) is 87.4 Å². The van der Waals surface area contributed by atoms with Crippen LogP contribution in [0.25, 0.3) is 0 Å². The zero-order valence-electron chi connectivity index (χ0n) is 9.48. The van der Waals surface area contributed by atoms with E-state index in [1.54, 1.807) is 4.79 Å². The summed E-state index contributed by atoms with van der Waals surface area (Å²) in [6, 6.07) is 0.